The molecule has 3 rings (SSSR count). The Morgan fingerprint density at radius 1 is 0.808 bits per heavy atom. The number of rotatable bonds is 3. The van der Waals surface area contributed by atoms with Gasteiger partial charge in [-0.1, -0.05) is 30.3 Å². The van der Waals surface area contributed by atoms with Gasteiger partial charge >= 0.3 is 5.97 Å². The number of hydrogen-bond acceptors (Lipinski definition) is 4. The molecule has 2 N–H and O–H groups in total. The number of carboxylic acids is 1. The summed E-state index contributed by atoms with van der Waals surface area (Å²) in [6, 6.07) is 16.5. The Bertz CT molecular complexity index is 896. The lowest BCUT2D eigenvalue weighted by Crippen LogP contribution is -2.14. The molecular weight excluding hydrogens is 330 g/mol. The molecule has 0 unspecified atom stereocenters. The smallest absolute Gasteiger partial charge is 0.354 e. The standard InChI is InChI=1S/C13H12N2O.C7H7NO2/c1-10-6-5-9-14-12(10)13(16)15-11-7-3-2-4-8-11;1-5-3-2-4-8-6(5)7(9)10/h2-9H,1H3,(H,15,16);2-4H,1H3,(H,9,10). The highest BCUT2D eigenvalue weighted by molar-refractivity contribution is 6.03. The summed E-state index contributed by atoms with van der Waals surface area (Å²) in [6.07, 6.45) is 3.09. The number of benzene rings is 1. The first-order valence-corrected chi connectivity index (χ1v) is 7.92. The van der Waals surface area contributed by atoms with E-state index < -0.39 is 5.97 Å². The van der Waals surface area contributed by atoms with E-state index in [1.54, 1.807) is 25.3 Å². The molecular formula is C20H19N3O3. The van der Waals surface area contributed by atoms with Crippen LogP contribution in [0.1, 0.15) is 32.1 Å². The van der Waals surface area contributed by atoms with Crippen molar-refractivity contribution in [3.8, 4) is 0 Å². The number of para-hydroxylation sites is 1. The molecule has 26 heavy (non-hydrogen) atoms. The number of carbonyl (C=O) groups excluding carboxylic acids is 1. The molecule has 0 saturated heterocycles. The van der Waals surface area contributed by atoms with E-state index in [-0.39, 0.29) is 11.6 Å². The Labute approximate surface area is 151 Å². The lowest BCUT2D eigenvalue weighted by molar-refractivity contribution is 0.0689. The van der Waals surface area contributed by atoms with Crippen molar-refractivity contribution in [3.05, 3.63) is 89.5 Å². The number of pyridine rings is 2. The molecule has 3 aromatic rings. The van der Waals surface area contributed by atoms with Crippen LogP contribution in [0.4, 0.5) is 5.69 Å². The summed E-state index contributed by atoms with van der Waals surface area (Å²) in [5.74, 6) is -1.15. The van der Waals surface area contributed by atoms with Crippen LogP contribution in [0, 0.1) is 13.8 Å². The Balaban J connectivity index is 0.000000209. The molecule has 6 heteroatoms. The summed E-state index contributed by atoms with van der Waals surface area (Å²) < 4.78 is 0. The maximum atomic E-state index is 11.9. The van der Waals surface area contributed by atoms with Crippen molar-refractivity contribution in [2.75, 3.05) is 5.32 Å². The van der Waals surface area contributed by atoms with E-state index in [1.807, 2.05) is 49.4 Å². The number of aromatic carboxylic acids is 1. The number of carboxylic acid groups (broad SMARTS) is 1. The van der Waals surface area contributed by atoms with Gasteiger partial charge in [-0.3, -0.25) is 9.78 Å². The van der Waals surface area contributed by atoms with E-state index in [0.717, 1.165) is 11.3 Å². The Kier molecular flexibility index (Phi) is 6.56. The molecule has 1 aromatic carbocycles. The summed E-state index contributed by atoms with van der Waals surface area (Å²) in [5.41, 5.74) is 2.93. The second kappa shape index (κ2) is 9.08. The molecule has 0 aliphatic carbocycles. The van der Waals surface area contributed by atoms with Crippen LogP contribution in [-0.2, 0) is 0 Å². The van der Waals surface area contributed by atoms with E-state index in [4.69, 9.17) is 5.11 Å². The first kappa shape index (κ1) is 18.8. The summed E-state index contributed by atoms with van der Waals surface area (Å²) in [7, 11) is 0. The zero-order chi connectivity index (χ0) is 18.9. The fourth-order valence-corrected chi connectivity index (χ4v) is 2.14. The van der Waals surface area contributed by atoms with E-state index in [2.05, 4.69) is 15.3 Å². The summed E-state index contributed by atoms with van der Waals surface area (Å²) in [5, 5.41) is 11.3. The van der Waals surface area contributed by atoms with Crippen molar-refractivity contribution in [3.63, 3.8) is 0 Å². The van der Waals surface area contributed by atoms with Crippen LogP contribution < -0.4 is 5.32 Å². The topological polar surface area (TPSA) is 92.2 Å². The minimum atomic E-state index is -0.974. The fraction of sp³-hybridized carbons (Fsp3) is 0.100. The van der Waals surface area contributed by atoms with E-state index in [0.29, 0.717) is 11.3 Å². The van der Waals surface area contributed by atoms with Gasteiger partial charge in [0.05, 0.1) is 0 Å². The molecule has 0 fully saturated rings. The summed E-state index contributed by atoms with van der Waals surface area (Å²) >= 11 is 0. The largest absolute Gasteiger partial charge is 0.477 e. The van der Waals surface area contributed by atoms with Crippen LogP contribution in [0.25, 0.3) is 0 Å². The lowest BCUT2D eigenvalue weighted by Gasteiger charge is -2.05. The number of aryl methyl sites for hydroxylation is 2. The van der Waals surface area contributed by atoms with E-state index >= 15 is 0 Å². The molecule has 0 bridgehead atoms. The SMILES string of the molecule is Cc1cccnc1C(=O)Nc1ccccc1.Cc1cccnc1C(=O)O. The number of hydrogen-bond donors (Lipinski definition) is 2. The third-order valence-electron chi connectivity index (χ3n) is 3.47. The van der Waals surface area contributed by atoms with Gasteiger partial charge in [-0.25, -0.2) is 9.78 Å². The molecule has 2 aromatic heterocycles. The molecule has 6 nitrogen and oxygen atoms in total. The van der Waals surface area contributed by atoms with Gasteiger partial charge in [0.2, 0.25) is 0 Å². The van der Waals surface area contributed by atoms with Crippen LogP contribution in [0.15, 0.2) is 67.0 Å². The second-order valence-corrected chi connectivity index (χ2v) is 5.46. The predicted octanol–water partition coefficient (Wildman–Crippen LogP) is 3.73. The Morgan fingerprint density at radius 2 is 1.35 bits per heavy atom. The zero-order valence-electron chi connectivity index (χ0n) is 14.5. The maximum Gasteiger partial charge on any atom is 0.354 e. The van der Waals surface area contributed by atoms with Gasteiger partial charge in [0.1, 0.15) is 5.69 Å². The number of aromatic nitrogens is 2. The minimum absolute atomic E-state index is 0.127. The van der Waals surface area contributed by atoms with Gasteiger partial charge in [-0.15, -0.1) is 0 Å². The number of anilines is 1. The molecule has 0 saturated carbocycles. The quantitative estimate of drug-likeness (QED) is 0.751. The van der Waals surface area contributed by atoms with Crippen molar-refractivity contribution < 1.29 is 14.7 Å². The van der Waals surface area contributed by atoms with Crippen LogP contribution in [-0.4, -0.2) is 27.0 Å². The van der Waals surface area contributed by atoms with Crippen molar-refractivity contribution in [2.45, 2.75) is 13.8 Å². The molecule has 2 heterocycles. The van der Waals surface area contributed by atoms with Crippen LogP contribution in [0.2, 0.25) is 0 Å². The van der Waals surface area contributed by atoms with Crippen LogP contribution in [0.3, 0.4) is 0 Å². The van der Waals surface area contributed by atoms with Gasteiger partial charge in [0.25, 0.3) is 5.91 Å². The average Bonchev–Trinajstić information content (AvgIpc) is 2.63. The monoisotopic (exact) mass is 349 g/mol. The summed E-state index contributed by atoms with van der Waals surface area (Å²) in [4.78, 5) is 30.0. The number of nitrogens with zero attached hydrogens (tertiary/aromatic N) is 2. The molecule has 0 radical (unpaired) electrons. The van der Waals surface area contributed by atoms with Gasteiger partial charge in [0.15, 0.2) is 5.69 Å². The minimum Gasteiger partial charge on any atom is -0.477 e. The molecule has 132 valence electrons. The van der Waals surface area contributed by atoms with Gasteiger partial charge in [0, 0.05) is 18.1 Å². The second-order valence-electron chi connectivity index (χ2n) is 5.46. The fourth-order valence-electron chi connectivity index (χ4n) is 2.14. The van der Waals surface area contributed by atoms with Crippen molar-refractivity contribution in [1.82, 2.24) is 9.97 Å². The molecule has 0 aliphatic heterocycles. The van der Waals surface area contributed by atoms with Crippen LogP contribution in [0.5, 0.6) is 0 Å². The zero-order valence-corrected chi connectivity index (χ0v) is 14.5. The number of amides is 1. The van der Waals surface area contributed by atoms with Crippen molar-refractivity contribution in [2.24, 2.45) is 0 Å². The number of nitrogens with one attached hydrogen (secondary N) is 1. The predicted molar refractivity (Wildman–Crippen MR) is 99.3 cm³/mol. The highest BCUT2D eigenvalue weighted by atomic mass is 16.4. The Morgan fingerprint density at radius 3 is 1.81 bits per heavy atom. The normalized spacial score (nSPS) is 9.62. The third kappa shape index (κ3) is 5.24. The lowest BCUT2D eigenvalue weighted by atomic mass is 10.2. The highest BCUT2D eigenvalue weighted by Crippen LogP contribution is 2.09. The Hall–Kier alpha value is -3.54. The van der Waals surface area contributed by atoms with Crippen molar-refractivity contribution in [1.29, 1.82) is 0 Å². The first-order chi connectivity index (χ1) is 12.5. The maximum absolute atomic E-state index is 11.9. The highest BCUT2D eigenvalue weighted by Gasteiger charge is 2.09. The van der Waals surface area contributed by atoms with E-state index in [9.17, 15) is 9.59 Å². The van der Waals surface area contributed by atoms with Gasteiger partial charge in [-0.2, -0.15) is 0 Å². The van der Waals surface area contributed by atoms with Gasteiger partial charge < -0.3 is 10.4 Å². The van der Waals surface area contributed by atoms with Crippen LogP contribution >= 0.6 is 0 Å². The molecule has 1 amide bonds. The molecule has 0 aliphatic rings. The summed E-state index contributed by atoms with van der Waals surface area (Å²) in [6.45, 7) is 3.59. The van der Waals surface area contributed by atoms with Crippen molar-refractivity contribution >= 4 is 17.6 Å². The third-order valence-corrected chi connectivity index (χ3v) is 3.47. The number of carbonyl (C=O) groups is 2. The van der Waals surface area contributed by atoms with Gasteiger partial charge in [-0.05, 0) is 49.2 Å². The van der Waals surface area contributed by atoms with E-state index in [1.165, 1.54) is 6.20 Å². The first-order valence-electron chi connectivity index (χ1n) is 7.92. The average molecular weight is 349 g/mol. The molecule has 0 atom stereocenters. The molecule has 0 spiro atoms.